The minimum absolute atomic E-state index is 0.587. The molecule has 1 saturated carbocycles. The van der Waals surface area contributed by atoms with Crippen LogP contribution >= 0.6 is 22.9 Å². The fourth-order valence-electron chi connectivity index (χ4n) is 2.23. The fourth-order valence-corrected chi connectivity index (χ4v) is 3.32. The van der Waals surface area contributed by atoms with E-state index in [1.165, 1.54) is 19.3 Å². The molecule has 0 saturated heterocycles. The molecule has 3 nitrogen and oxygen atoms in total. The van der Waals surface area contributed by atoms with E-state index in [1.54, 1.807) is 11.3 Å². The molecule has 0 aromatic carbocycles. The lowest BCUT2D eigenvalue weighted by Gasteiger charge is -2.20. The molecule has 0 radical (unpaired) electrons. The third kappa shape index (κ3) is 2.51. The number of thiophene rings is 1. The van der Waals surface area contributed by atoms with E-state index in [1.807, 2.05) is 11.4 Å². The average molecular weight is 282 g/mol. The van der Waals surface area contributed by atoms with Crippen LogP contribution in [0.3, 0.4) is 0 Å². The van der Waals surface area contributed by atoms with Crippen molar-refractivity contribution in [1.29, 1.82) is 0 Å². The van der Waals surface area contributed by atoms with Crippen LogP contribution in [-0.2, 0) is 6.54 Å². The smallest absolute Gasteiger partial charge is 0.145 e. The predicted molar refractivity (Wildman–Crippen MR) is 76.1 cm³/mol. The molecule has 1 aliphatic rings. The second-order valence-electron chi connectivity index (χ2n) is 4.77. The summed E-state index contributed by atoms with van der Waals surface area (Å²) in [7, 11) is 0. The Morgan fingerprint density at radius 3 is 3.00 bits per heavy atom. The van der Waals surface area contributed by atoms with Crippen molar-refractivity contribution in [3.05, 3.63) is 22.4 Å². The second kappa shape index (κ2) is 5.11. The molecule has 2 aromatic rings. The molecule has 1 aliphatic carbocycles. The maximum Gasteiger partial charge on any atom is 0.145 e. The summed E-state index contributed by atoms with van der Waals surface area (Å²) in [5, 5.41) is 3.57. The van der Waals surface area contributed by atoms with Gasteiger partial charge in [-0.05, 0) is 37.3 Å². The summed E-state index contributed by atoms with van der Waals surface area (Å²) in [6.07, 6.45) is 3.80. The monoisotopic (exact) mass is 281 g/mol. The fraction of sp³-hybridized carbons (Fsp3) is 0.538. The summed E-state index contributed by atoms with van der Waals surface area (Å²) in [5.74, 6) is 0.857. The zero-order valence-electron chi connectivity index (χ0n) is 10.4. The number of rotatable bonds is 5. The molecule has 0 N–H and O–H groups in total. The normalized spacial score (nSPS) is 15.7. The van der Waals surface area contributed by atoms with E-state index in [0.717, 1.165) is 35.2 Å². The molecule has 5 heteroatoms. The highest BCUT2D eigenvalue weighted by Gasteiger charge is 2.28. The van der Waals surface area contributed by atoms with Crippen LogP contribution in [0, 0.1) is 0 Å². The van der Waals surface area contributed by atoms with Crippen molar-refractivity contribution in [1.82, 2.24) is 14.9 Å². The molecule has 2 heterocycles. The lowest BCUT2D eigenvalue weighted by molar-refractivity contribution is 0.249. The number of hydrogen-bond acceptors (Lipinski definition) is 4. The average Bonchev–Trinajstić information content (AvgIpc) is 3.08. The van der Waals surface area contributed by atoms with Gasteiger partial charge in [0.15, 0.2) is 0 Å². The number of halogens is 1. The van der Waals surface area contributed by atoms with Crippen molar-refractivity contribution < 1.29 is 0 Å². The van der Waals surface area contributed by atoms with Gasteiger partial charge in [-0.15, -0.1) is 11.3 Å². The van der Waals surface area contributed by atoms with Gasteiger partial charge >= 0.3 is 0 Å². The summed E-state index contributed by atoms with van der Waals surface area (Å²) >= 11 is 7.82. The Morgan fingerprint density at radius 2 is 2.28 bits per heavy atom. The van der Waals surface area contributed by atoms with E-state index in [-0.39, 0.29) is 0 Å². The van der Waals surface area contributed by atoms with Gasteiger partial charge in [-0.3, -0.25) is 4.90 Å². The van der Waals surface area contributed by atoms with Crippen LogP contribution in [0.5, 0.6) is 0 Å². The topological polar surface area (TPSA) is 29.0 Å². The third-order valence-electron chi connectivity index (χ3n) is 3.24. The Hall–Kier alpha value is -0.710. The first-order chi connectivity index (χ1) is 8.78. The zero-order valence-corrected chi connectivity index (χ0v) is 12.0. The van der Waals surface area contributed by atoms with Crippen molar-refractivity contribution in [3.63, 3.8) is 0 Å². The molecule has 0 amide bonds. The molecule has 0 spiro atoms. The van der Waals surface area contributed by atoms with Crippen molar-refractivity contribution in [2.45, 2.75) is 38.8 Å². The van der Waals surface area contributed by atoms with Crippen LogP contribution < -0.4 is 0 Å². The Labute approximate surface area is 116 Å². The minimum atomic E-state index is 0.587. The van der Waals surface area contributed by atoms with Crippen LogP contribution in [0.2, 0.25) is 5.15 Å². The van der Waals surface area contributed by atoms with Crippen molar-refractivity contribution in [2.24, 2.45) is 0 Å². The van der Waals surface area contributed by atoms with E-state index in [9.17, 15) is 0 Å². The summed E-state index contributed by atoms with van der Waals surface area (Å²) in [4.78, 5) is 12.5. The summed E-state index contributed by atoms with van der Waals surface area (Å²) in [6, 6.07) is 2.72. The largest absolute Gasteiger partial charge is 0.293 e. The molecule has 2 aromatic heterocycles. The third-order valence-corrected chi connectivity index (χ3v) is 4.34. The Kier molecular flexibility index (Phi) is 3.50. The number of nitrogens with zero attached hydrogens (tertiary/aromatic N) is 3. The molecule has 0 aliphatic heterocycles. The Bertz CT molecular complexity index is 550. The molecule has 96 valence electrons. The molecule has 0 bridgehead atoms. The van der Waals surface area contributed by atoms with E-state index >= 15 is 0 Å². The van der Waals surface area contributed by atoms with Gasteiger partial charge in [-0.2, -0.15) is 0 Å². The highest BCUT2D eigenvalue weighted by atomic mass is 35.5. The van der Waals surface area contributed by atoms with Crippen molar-refractivity contribution in [2.75, 3.05) is 6.54 Å². The van der Waals surface area contributed by atoms with Crippen molar-refractivity contribution in [3.8, 4) is 0 Å². The molecule has 3 rings (SSSR count). The minimum Gasteiger partial charge on any atom is -0.293 e. The first-order valence-corrected chi connectivity index (χ1v) is 7.67. The lowest BCUT2D eigenvalue weighted by atomic mass is 10.3. The number of aromatic nitrogens is 2. The van der Waals surface area contributed by atoms with Gasteiger partial charge in [0.2, 0.25) is 0 Å². The maximum atomic E-state index is 6.20. The van der Waals surface area contributed by atoms with E-state index in [2.05, 4.69) is 21.8 Å². The number of hydrogen-bond donors (Lipinski definition) is 0. The maximum absolute atomic E-state index is 6.20. The van der Waals surface area contributed by atoms with Gasteiger partial charge in [-0.25, -0.2) is 9.97 Å². The zero-order chi connectivity index (χ0) is 12.5. The van der Waals surface area contributed by atoms with Crippen LogP contribution in [0.1, 0.15) is 32.0 Å². The van der Waals surface area contributed by atoms with Gasteiger partial charge < -0.3 is 0 Å². The lowest BCUT2D eigenvalue weighted by Crippen LogP contribution is -2.27. The number of fused-ring (bicyclic) bond motifs is 1. The molecule has 1 fully saturated rings. The molecular weight excluding hydrogens is 266 g/mol. The van der Waals surface area contributed by atoms with E-state index in [0.29, 0.717) is 5.15 Å². The standard InChI is InChI=1S/C13H16ClN3S/c1-2-6-17(9-3-4-9)8-11-15-12(14)10-5-7-18-13(10)16-11/h5,7,9H,2-4,6,8H2,1H3. The van der Waals surface area contributed by atoms with Gasteiger partial charge in [0.05, 0.1) is 6.54 Å². The first kappa shape index (κ1) is 12.3. The quantitative estimate of drug-likeness (QED) is 0.782. The molecule has 0 atom stereocenters. The van der Waals surface area contributed by atoms with Crippen LogP contribution in [-0.4, -0.2) is 27.5 Å². The van der Waals surface area contributed by atoms with Crippen LogP contribution in [0.25, 0.3) is 10.2 Å². The van der Waals surface area contributed by atoms with Gasteiger partial charge in [0, 0.05) is 11.4 Å². The summed E-state index contributed by atoms with van der Waals surface area (Å²) in [5.41, 5.74) is 0. The van der Waals surface area contributed by atoms with Gasteiger partial charge in [-0.1, -0.05) is 18.5 Å². The highest BCUT2D eigenvalue weighted by Crippen LogP contribution is 2.29. The Balaban J connectivity index is 1.84. The molecule has 0 unspecified atom stereocenters. The van der Waals surface area contributed by atoms with Crippen molar-refractivity contribution >= 4 is 33.2 Å². The summed E-state index contributed by atoms with van der Waals surface area (Å²) in [6.45, 7) is 4.16. The van der Waals surface area contributed by atoms with Gasteiger partial charge in [0.25, 0.3) is 0 Å². The predicted octanol–water partition coefficient (Wildman–Crippen LogP) is 3.72. The van der Waals surface area contributed by atoms with Crippen LogP contribution in [0.15, 0.2) is 11.4 Å². The summed E-state index contributed by atoms with van der Waals surface area (Å²) < 4.78 is 0. The highest BCUT2D eigenvalue weighted by molar-refractivity contribution is 7.16. The van der Waals surface area contributed by atoms with E-state index < -0.39 is 0 Å². The second-order valence-corrected chi connectivity index (χ2v) is 6.02. The molecular formula is C13H16ClN3S. The molecule has 18 heavy (non-hydrogen) atoms. The van der Waals surface area contributed by atoms with Crippen LogP contribution in [0.4, 0.5) is 0 Å². The van der Waals surface area contributed by atoms with E-state index in [4.69, 9.17) is 11.6 Å². The SMILES string of the molecule is CCCN(Cc1nc(Cl)c2ccsc2n1)C1CC1. The van der Waals surface area contributed by atoms with Gasteiger partial charge in [0.1, 0.15) is 15.8 Å². The Morgan fingerprint density at radius 1 is 1.44 bits per heavy atom. The first-order valence-electron chi connectivity index (χ1n) is 6.41.